The summed E-state index contributed by atoms with van der Waals surface area (Å²) in [6.07, 6.45) is 1.55. The first-order valence-electron chi connectivity index (χ1n) is 6.16. The number of Topliss-reactive ketones (excluding diaryl/α,β-unsaturated/α-hetero) is 2. The third-order valence-corrected chi connectivity index (χ3v) is 2.66. The third-order valence-electron chi connectivity index (χ3n) is 2.66. The number of carbonyl (C=O) groups excluding carboxylic acids is 2. The molecule has 110 valence electrons. The molecule has 1 rings (SSSR count). The standard InChI is InChI=1S/C12H19N5O3/c13-8(4-2-6-17-12(14)15)10(19)9(18)7-3-1-5-16-11(7)20/h1,3,5,8,12,17H,2,4,6,13-15H2,(H,16,20)/t8-/m0/s1. The lowest BCUT2D eigenvalue weighted by Gasteiger charge is -2.11. The van der Waals surface area contributed by atoms with Gasteiger partial charge in [0, 0.05) is 6.20 Å². The lowest BCUT2D eigenvalue weighted by Crippen LogP contribution is -2.46. The molecule has 0 unspecified atom stereocenters. The van der Waals surface area contributed by atoms with E-state index in [0.29, 0.717) is 19.4 Å². The van der Waals surface area contributed by atoms with Crippen molar-refractivity contribution in [3.05, 3.63) is 23.9 Å². The number of rotatable bonds is 8. The molecule has 0 saturated heterocycles. The number of aromatic nitrogens is 1. The van der Waals surface area contributed by atoms with Crippen LogP contribution in [0.3, 0.4) is 0 Å². The Morgan fingerprint density at radius 1 is 1.35 bits per heavy atom. The largest absolute Gasteiger partial charge is 0.493 e. The Bertz CT molecular complexity index is 478. The lowest BCUT2D eigenvalue weighted by molar-refractivity contribution is -0.116. The predicted molar refractivity (Wildman–Crippen MR) is 72.6 cm³/mol. The number of carbonyl (C=O) groups is 2. The highest BCUT2D eigenvalue weighted by molar-refractivity contribution is 6.45. The second-order valence-corrected chi connectivity index (χ2v) is 4.30. The Morgan fingerprint density at radius 3 is 2.65 bits per heavy atom. The average molecular weight is 281 g/mol. The van der Waals surface area contributed by atoms with Crippen molar-refractivity contribution in [3.63, 3.8) is 0 Å². The van der Waals surface area contributed by atoms with Crippen LogP contribution >= 0.6 is 0 Å². The molecule has 0 bridgehead atoms. The summed E-state index contributed by atoms with van der Waals surface area (Å²) in [5.41, 5.74) is 16.1. The summed E-state index contributed by atoms with van der Waals surface area (Å²) < 4.78 is 0. The van der Waals surface area contributed by atoms with E-state index in [1.54, 1.807) is 0 Å². The van der Waals surface area contributed by atoms with E-state index in [4.69, 9.17) is 17.2 Å². The molecule has 0 spiro atoms. The summed E-state index contributed by atoms with van der Waals surface area (Å²) in [6, 6.07) is 1.85. The third kappa shape index (κ3) is 4.67. The fourth-order valence-electron chi connectivity index (χ4n) is 1.60. The Morgan fingerprint density at radius 2 is 2.05 bits per heavy atom. The topological polar surface area (TPSA) is 157 Å². The molecule has 8 nitrogen and oxygen atoms in total. The molecule has 0 fully saturated rings. The second-order valence-electron chi connectivity index (χ2n) is 4.30. The van der Waals surface area contributed by atoms with Crippen LogP contribution in [0.15, 0.2) is 18.3 Å². The van der Waals surface area contributed by atoms with Crippen molar-refractivity contribution in [1.82, 2.24) is 10.3 Å². The molecule has 1 aromatic heterocycles. The number of pyridine rings is 1. The minimum Gasteiger partial charge on any atom is -0.493 e. The highest BCUT2D eigenvalue weighted by atomic mass is 16.3. The summed E-state index contributed by atoms with van der Waals surface area (Å²) >= 11 is 0. The van der Waals surface area contributed by atoms with Crippen molar-refractivity contribution in [2.75, 3.05) is 6.54 Å². The van der Waals surface area contributed by atoms with Gasteiger partial charge in [-0.15, -0.1) is 0 Å². The van der Waals surface area contributed by atoms with Crippen LogP contribution in [0.2, 0.25) is 0 Å². The van der Waals surface area contributed by atoms with Crippen LogP contribution in [0, 0.1) is 0 Å². The van der Waals surface area contributed by atoms with E-state index in [-0.39, 0.29) is 5.56 Å². The molecule has 0 aromatic carbocycles. The minimum atomic E-state index is -0.932. The fourth-order valence-corrected chi connectivity index (χ4v) is 1.60. The van der Waals surface area contributed by atoms with Crippen LogP contribution in [0.4, 0.5) is 0 Å². The van der Waals surface area contributed by atoms with Gasteiger partial charge in [0.25, 0.3) is 0 Å². The fraction of sp³-hybridized carbons (Fsp3) is 0.417. The van der Waals surface area contributed by atoms with Crippen LogP contribution in [0.5, 0.6) is 5.88 Å². The van der Waals surface area contributed by atoms with Crippen LogP contribution in [-0.2, 0) is 4.79 Å². The van der Waals surface area contributed by atoms with E-state index in [1.165, 1.54) is 18.3 Å². The quantitative estimate of drug-likeness (QED) is 0.166. The Kier molecular flexibility index (Phi) is 6.19. The molecule has 0 amide bonds. The van der Waals surface area contributed by atoms with Crippen LogP contribution < -0.4 is 22.5 Å². The normalized spacial score (nSPS) is 12.4. The zero-order valence-corrected chi connectivity index (χ0v) is 11.0. The summed E-state index contributed by atoms with van der Waals surface area (Å²) in [5.74, 6) is -2.08. The van der Waals surface area contributed by atoms with Gasteiger partial charge in [-0.25, -0.2) is 4.98 Å². The van der Waals surface area contributed by atoms with Crippen molar-refractivity contribution in [1.29, 1.82) is 0 Å². The van der Waals surface area contributed by atoms with Gasteiger partial charge in [0.2, 0.25) is 17.4 Å². The molecule has 1 atom stereocenters. The van der Waals surface area contributed by atoms with E-state index in [2.05, 4.69) is 10.3 Å². The Labute approximate surface area is 116 Å². The zero-order chi connectivity index (χ0) is 15.1. The van der Waals surface area contributed by atoms with Crippen LogP contribution in [0.1, 0.15) is 23.2 Å². The van der Waals surface area contributed by atoms with Gasteiger partial charge in [0.1, 0.15) is 6.29 Å². The number of nitrogens with zero attached hydrogens (tertiary/aromatic N) is 1. The molecule has 0 radical (unpaired) electrons. The molecule has 0 aliphatic carbocycles. The maximum atomic E-state index is 11.9. The number of nitrogens with two attached hydrogens (primary N) is 3. The maximum Gasteiger partial charge on any atom is 0.235 e. The van der Waals surface area contributed by atoms with Gasteiger partial charge in [0.05, 0.1) is 11.6 Å². The average Bonchev–Trinajstić information content (AvgIpc) is 2.42. The number of hydrogen-bond acceptors (Lipinski definition) is 8. The highest BCUT2D eigenvalue weighted by Gasteiger charge is 2.25. The SMILES string of the molecule is NC(N)NCCC[C@H](N)C(=O)C(=O)c1cccnc1O. The van der Waals surface area contributed by atoms with Gasteiger partial charge in [0.15, 0.2) is 0 Å². The van der Waals surface area contributed by atoms with E-state index in [9.17, 15) is 14.7 Å². The Balaban J connectivity index is 2.52. The molecule has 8 heteroatoms. The first kappa shape index (κ1) is 16.2. The van der Waals surface area contributed by atoms with Gasteiger partial charge in [-0.05, 0) is 31.5 Å². The van der Waals surface area contributed by atoms with Crippen LogP contribution in [0.25, 0.3) is 0 Å². The number of hydrogen-bond donors (Lipinski definition) is 5. The molecule has 0 aliphatic heterocycles. The Hall–Kier alpha value is -1.87. The lowest BCUT2D eigenvalue weighted by atomic mass is 10.0. The molecule has 8 N–H and O–H groups in total. The summed E-state index contributed by atoms with van der Waals surface area (Å²) in [6.45, 7) is 0.491. The van der Waals surface area contributed by atoms with Crippen molar-refractivity contribution >= 4 is 11.6 Å². The number of ketones is 2. The molecular formula is C12H19N5O3. The van der Waals surface area contributed by atoms with Crippen molar-refractivity contribution < 1.29 is 14.7 Å². The molecule has 20 heavy (non-hydrogen) atoms. The number of aromatic hydroxyl groups is 1. The monoisotopic (exact) mass is 281 g/mol. The van der Waals surface area contributed by atoms with Gasteiger partial charge >= 0.3 is 0 Å². The van der Waals surface area contributed by atoms with Gasteiger partial charge in [-0.3, -0.25) is 14.9 Å². The minimum absolute atomic E-state index is 0.143. The highest BCUT2D eigenvalue weighted by Crippen LogP contribution is 2.14. The summed E-state index contributed by atoms with van der Waals surface area (Å²) in [5, 5.41) is 12.2. The van der Waals surface area contributed by atoms with E-state index in [1.807, 2.05) is 0 Å². The number of nitrogens with one attached hydrogen (secondary N) is 1. The van der Waals surface area contributed by atoms with Gasteiger partial charge < -0.3 is 22.3 Å². The molecule has 0 aliphatic rings. The molecule has 1 heterocycles. The predicted octanol–water partition coefficient (Wildman–Crippen LogP) is -1.56. The van der Waals surface area contributed by atoms with E-state index >= 15 is 0 Å². The van der Waals surface area contributed by atoms with E-state index in [0.717, 1.165) is 0 Å². The van der Waals surface area contributed by atoms with Crippen molar-refractivity contribution in [3.8, 4) is 5.88 Å². The first-order chi connectivity index (χ1) is 9.43. The summed E-state index contributed by atoms with van der Waals surface area (Å²) in [4.78, 5) is 27.2. The van der Waals surface area contributed by atoms with Crippen LogP contribution in [-0.4, -0.2) is 40.5 Å². The molecule has 0 saturated carbocycles. The van der Waals surface area contributed by atoms with Gasteiger partial charge in [-0.2, -0.15) is 0 Å². The zero-order valence-electron chi connectivity index (χ0n) is 11.0. The first-order valence-corrected chi connectivity index (χ1v) is 6.16. The smallest absolute Gasteiger partial charge is 0.235 e. The van der Waals surface area contributed by atoms with Crippen molar-refractivity contribution in [2.24, 2.45) is 17.2 Å². The molecule has 1 aromatic rings. The van der Waals surface area contributed by atoms with Crippen molar-refractivity contribution in [2.45, 2.75) is 25.2 Å². The molecular weight excluding hydrogens is 262 g/mol. The van der Waals surface area contributed by atoms with E-state index < -0.39 is 29.8 Å². The van der Waals surface area contributed by atoms with Gasteiger partial charge in [-0.1, -0.05) is 0 Å². The second kappa shape index (κ2) is 7.65. The summed E-state index contributed by atoms with van der Waals surface area (Å²) in [7, 11) is 0. The maximum absolute atomic E-state index is 11.9.